The Morgan fingerprint density at radius 3 is 2.80 bits per heavy atom. The number of aromatic nitrogens is 1. The van der Waals surface area contributed by atoms with Crippen molar-refractivity contribution in [1.82, 2.24) is 4.98 Å². The molecule has 1 unspecified atom stereocenters. The summed E-state index contributed by atoms with van der Waals surface area (Å²) in [5, 5.41) is 3.42. The zero-order valence-electron chi connectivity index (χ0n) is 11.5. The zero-order chi connectivity index (χ0) is 13.9. The second-order valence-corrected chi connectivity index (χ2v) is 4.76. The number of rotatable bonds is 4. The van der Waals surface area contributed by atoms with E-state index in [1.54, 1.807) is 6.20 Å². The average Bonchev–Trinajstić information content (AvgIpc) is 3.10. The van der Waals surface area contributed by atoms with E-state index >= 15 is 0 Å². The summed E-state index contributed by atoms with van der Waals surface area (Å²) in [6.07, 6.45) is 3.14. The summed E-state index contributed by atoms with van der Waals surface area (Å²) in [4.78, 5) is 3.94. The molecule has 20 heavy (non-hydrogen) atoms. The molecule has 0 saturated carbocycles. The summed E-state index contributed by atoms with van der Waals surface area (Å²) in [6, 6.07) is 12.1. The monoisotopic (exact) mass is 268 g/mol. The maximum absolute atomic E-state index is 5.63. The number of aryl methyl sites for hydroxylation is 1. The molecule has 2 heterocycles. The molecule has 4 heteroatoms. The van der Waals surface area contributed by atoms with Gasteiger partial charge < -0.3 is 14.2 Å². The van der Waals surface area contributed by atoms with Crippen LogP contribution in [0.15, 0.2) is 57.8 Å². The zero-order valence-corrected chi connectivity index (χ0v) is 11.5. The van der Waals surface area contributed by atoms with E-state index in [0.29, 0.717) is 0 Å². The van der Waals surface area contributed by atoms with Gasteiger partial charge in [0.1, 0.15) is 11.5 Å². The average molecular weight is 268 g/mol. The first kappa shape index (κ1) is 12.5. The molecule has 4 nitrogen and oxygen atoms in total. The molecule has 1 atom stereocenters. The van der Waals surface area contributed by atoms with Crippen LogP contribution < -0.4 is 5.32 Å². The number of benzene rings is 1. The molecule has 0 aliphatic carbocycles. The highest BCUT2D eigenvalue weighted by Crippen LogP contribution is 2.25. The van der Waals surface area contributed by atoms with Crippen molar-refractivity contribution >= 4 is 5.69 Å². The number of oxazole rings is 1. The number of hydrogen-bond acceptors (Lipinski definition) is 4. The van der Waals surface area contributed by atoms with Gasteiger partial charge in [0.25, 0.3) is 0 Å². The van der Waals surface area contributed by atoms with E-state index in [0.717, 1.165) is 28.5 Å². The van der Waals surface area contributed by atoms with Crippen molar-refractivity contribution in [1.29, 1.82) is 0 Å². The fourth-order valence-corrected chi connectivity index (χ4v) is 2.13. The molecular formula is C16H16N2O2. The van der Waals surface area contributed by atoms with Crippen LogP contribution >= 0.6 is 0 Å². The normalized spacial score (nSPS) is 12.3. The standard InChI is InChI=1S/C16H16N2O2/c1-11-6-7-15(20-11)12(2)18-14-5-3-4-13(8-14)16-9-17-10-19-16/h3-10,12,18H,1-2H3. The molecule has 0 radical (unpaired) electrons. The molecule has 0 bridgehead atoms. The summed E-state index contributed by atoms with van der Waals surface area (Å²) in [7, 11) is 0. The lowest BCUT2D eigenvalue weighted by molar-refractivity contribution is 0.467. The lowest BCUT2D eigenvalue weighted by atomic mass is 10.1. The van der Waals surface area contributed by atoms with Gasteiger partial charge in [-0.15, -0.1) is 0 Å². The maximum Gasteiger partial charge on any atom is 0.181 e. The lowest BCUT2D eigenvalue weighted by Gasteiger charge is -2.13. The van der Waals surface area contributed by atoms with Gasteiger partial charge in [0.05, 0.1) is 12.2 Å². The highest BCUT2D eigenvalue weighted by Gasteiger charge is 2.10. The van der Waals surface area contributed by atoms with E-state index in [9.17, 15) is 0 Å². The summed E-state index contributed by atoms with van der Waals surface area (Å²) in [5.74, 6) is 2.60. The largest absolute Gasteiger partial charge is 0.464 e. The second kappa shape index (κ2) is 5.25. The highest BCUT2D eigenvalue weighted by atomic mass is 16.3. The predicted octanol–water partition coefficient (Wildman–Crippen LogP) is 4.42. The van der Waals surface area contributed by atoms with Gasteiger partial charge in [-0.3, -0.25) is 0 Å². The van der Waals surface area contributed by atoms with Gasteiger partial charge in [-0.1, -0.05) is 12.1 Å². The van der Waals surface area contributed by atoms with Crippen LogP contribution in [0.4, 0.5) is 5.69 Å². The van der Waals surface area contributed by atoms with Crippen LogP contribution in [0.3, 0.4) is 0 Å². The Kier molecular flexibility index (Phi) is 3.29. The van der Waals surface area contributed by atoms with Crippen molar-refractivity contribution in [2.24, 2.45) is 0 Å². The van der Waals surface area contributed by atoms with Crippen molar-refractivity contribution in [3.63, 3.8) is 0 Å². The Hall–Kier alpha value is -2.49. The first-order valence-corrected chi connectivity index (χ1v) is 6.54. The van der Waals surface area contributed by atoms with Gasteiger partial charge in [-0.2, -0.15) is 0 Å². The first-order chi connectivity index (χ1) is 9.72. The van der Waals surface area contributed by atoms with Crippen molar-refractivity contribution in [2.45, 2.75) is 19.9 Å². The Balaban J connectivity index is 1.79. The Bertz CT molecular complexity index is 686. The van der Waals surface area contributed by atoms with Gasteiger partial charge in [0.15, 0.2) is 12.2 Å². The maximum atomic E-state index is 5.63. The molecule has 3 aromatic rings. The minimum Gasteiger partial charge on any atom is -0.464 e. The van der Waals surface area contributed by atoms with Gasteiger partial charge in [-0.25, -0.2) is 4.98 Å². The van der Waals surface area contributed by atoms with Crippen molar-refractivity contribution in [3.8, 4) is 11.3 Å². The van der Waals surface area contributed by atoms with Crippen LogP contribution in [-0.4, -0.2) is 4.98 Å². The third-order valence-electron chi connectivity index (χ3n) is 3.15. The molecule has 3 rings (SSSR count). The van der Waals surface area contributed by atoms with Crippen molar-refractivity contribution < 1.29 is 8.83 Å². The lowest BCUT2D eigenvalue weighted by Crippen LogP contribution is -2.05. The molecule has 0 fully saturated rings. The van der Waals surface area contributed by atoms with Crippen LogP contribution in [0.2, 0.25) is 0 Å². The van der Waals surface area contributed by atoms with E-state index in [2.05, 4.69) is 17.2 Å². The first-order valence-electron chi connectivity index (χ1n) is 6.54. The van der Waals surface area contributed by atoms with Gasteiger partial charge in [0, 0.05) is 11.3 Å². The van der Waals surface area contributed by atoms with Gasteiger partial charge in [0.2, 0.25) is 0 Å². The summed E-state index contributed by atoms with van der Waals surface area (Å²) < 4.78 is 10.9. The summed E-state index contributed by atoms with van der Waals surface area (Å²) in [5.41, 5.74) is 2.01. The number of nitrogens with zero attached hydrogens (tertiary/aromatic N) is 1. The van der Waals surface area contributed by atoms with Crippen molar-refractivity contribution in [3.05, 3.63) is 60.5 Å². The number of hydrogen-bond donors (Lipinski definition) is 1. The Labute approximate surface area is 117 Å². The fourth-order valence-electron chi connectivity index (χ4n) is 2.13. The second-order valence-electron chi connectivity index (χ2n) is 4.76. The molecule has 1 N–H and O–H groups in total. The van der Waals surface area contributed by atoms with Gasteiger partial charge in [-0.05, 0) is 38.1 Å². The molecule has 0 amide bonds. The van der Waals surface area contributed by atoms with Crippen LogP contribution in [0.1, 0.15) is 24.5 Å². The van der Waals surface area contributed by atoms with Crippen LogP contribution in [0.25, 0.3) is 11.3 Å². The van der Waals surface area contributed by atoms with E-state index in [1.807, 2.05) is 43.3 Å². The molecule has 2 aromatic heterocycles. The molecule has 0 aliphatic rings. The summed E-state index contributed by atoms with van der Waals surface area (Å²) in [6.45, 7) is 4.01. The van der Waals surface area contributed by atoms with Crippen LogP contribution in [0, 0.1) is 6.92 Å². The highest BCUT2D eigenvalue weighted by molar-refractivity contribution is 5.63. The van der Waals surface area contributed by atoms with Crippen LogP contribution in [0.5, 0.6) is 0 Å². The van der Waals surface area contributed by atoms with Crippen molar-refractivity contribution in [2.75, 3.05) is 5.32 Å². The number of furan rings is 1. The molecular weight excluding hydrogens is 252 g/mol. The minimum absolute atomic E-state index is 0.105. The molecule has 1 aromatic carbocycles. The predicted molar refractivity (Wildman–Crippen MR) is 77.4 cm³/mol. The van der Waals surface area contributed by atoms with E-state index in [-0.39, 0.29) is 6.04 Å². The van der Waals surface area contributed by atoms with E-state index in [1.165, 1.54) is 6.39 Å². The molecule has 0 spiro atoms. The fraction of sp³-hybridized carbons (Fsp3) is 0.188. The quantitative estimate of drug-likeness (QED) is 0.761. The number of nitrogens with one attached hydrogen (secondary N) is 1. The Morgan fingerprint density at radius 2 is 2.10 bits per heavy atom. The van der Waals surface area contributed by atoms with Gasteiger partial charge >= 0.3 is 0 Å². The molecule has 0 aliphatic heterocycles. The topological polar surface area (TPSA) is 51.2 Å². The minimum atomic E-state index is 0.105. The third-order valence-corrected chi connectivity index (χ3v) is 3.15. The molecule has 0 saturated heterocycles. The van der Waals surface area contributed by atoms with Crippen LogP contribution in [-0.2, 0) is 0 Å². The van der Waals surface area contributed by atoms with E-state index < -0.39 is 0 Å². The molecule has 102 valence electrons. The summed E-state index contributed by atoms with van der Waals surface area (Å²) >= 11 is 0. The number of anilines is 1. The third kappa shape index (κ3) is 2.59. The Morgan fingerprint density at radius 1 is 1.20 bits per heavy atom. The van der Waals surface area contributed by atoms with E-state index in [4.69, 9.17) is 8.83 Å². The smallest absolute Gasteiger partial charge is 0.181 e. The SMILES string of the molecule is Cc1ccc(C(C)Nc2cccc(-c3cnco3)c2)o1.